The Morgan fingerprint density at radius 1 is 1.03 bits per heavy atom. The molecule has 0 spiro atoms. The quantitative estimate of drug-likeness (QED) is 0.363. The number of amides is 2. The molecule has 1 saturated heterocycles. The number of methoxy groups -OCH3 is 1. The molecule has 0 unspecified atom stereocenters. The summed E-state index contributed by atoms with van der Waals surface area (Å²) in [5.74, 6) is 1.35. The minimum Gasteiger partial charge on any atom is -0.457 e. The number of urea groups is 1. The van der Waals surface area contributed by atoms with E-state index in [2.05, 4.69) is 34.0 Å². The number of piperidine rings is 1. The van der Waals surface area contributed by atoms with E-state index in [1.807, 2.05) is 17.0 Å². The van der Waals surface area contributed by atoms with E-state index in [-0.39, 0.29) is 24.5 Å². The Hall–Kier alpha value is -2.53. The molecular formula is C27H41ClN4O5S. The predicted octanol–water partition coefficient (Wildman–Crippen LogP) is 4.69. The minimum atomic E-state index is -3.30. The van der Waals surface area contributed by atoms with Crippen LogP contribution in [0.5, 0.6) is 11.5 Å². The Morgan fingerprint density at radius 3 is 2.18 bits per heavy atom. The maximum atomic E-state index is 12.7. The van der Waals surface area contributed by atoms with Gasteiger partial charge in [-0.15, -0.1) is 12.4 Å². The number of hydrogen-bond donors (Lipinski definition) is 2. The van der Waals surface area contributed by atoms with Crippen molar-refractivity contribution in [2.45, 2.75) is 45.2 Å². The summed E-state index contributed by atoms with van der Waals surface area (Å²) in [6.07, 6.45) is 5.04. The maximum absolute atomic E-state index is 12.7. The molecule has 38 heavy (non-hydrogen) atoms. The average molecular weight is 569 g/mol. The number of ether oxygens (including phenoxy) is 2. The number of unbranched alkanes of at least 4 members (excludes halogenated alkanes) is 1. The molecule has 1 aliphatic rings. The number of hydrogen-bond acceptors (Lipinski definition) is 6. The minimum absolute atomic E-state index is 0. The van der Waals surface area contributed by atoms with E-state index < -0.39 is 10.0 Å². The average Bonchev–Trinajstić information content (AvgIpc) is 2.87. The molecule has 0 radical (unpaired) electrons. The van der Waals surface area contributed by atoms with Gasteiger partial charge in [0.2, 0.25) is 10.0 Å². The van der Waals surface area contributed by atoms with E-state index in [1.165, 1.54) is 5.56 Å². The van der Waals surface area contributed by atoms with Gasteiger partial charge in [-0.25, -0.2) is 13.2 Å². The van der Waals surface area contributed by atoms with Gasteiger partial charge in [0.1, 0.15) is 11.5 Å². The van der Waals surface area contributed by atoms with Crippen molar-refractivity contribution in [2.75, 3.05) is 50.9 Å². The Bertz CT molecular complexity index is 1070. The number of likely N-dealkylation sites (tertiary alicyclic amines) is 1. The molecule has 2 N–H and O–H groups in total. The number of sulfonamides is 1. The molecule has 11 heteroatoms. The number of nitrogens with zero attached hydrogens (tertiary/aromatic N) is 2. The monoisotopic (exact) mass is 568 g/mol. The van der Waals surface area contributed by atoms with Crippen LogP contribution in [0.15, 0.2) is 48.5 Å². The third-order valence-corrected chi connectivity index (χ3v) is 6.88. The molecule has 212 valence electrons. The van der Waals surface area contributed by atoms with Crippen LogP contribution in [0.3, 0.4) is 0 Å². The van der Waals surface area contributed by atoms with E-state index in [0.29, 0.717) is 24.6 Å². The molecule has 0 bridgehead atoms. The summed E-state index contributed by atoms with van der Waals surface area (Å²) >= 11 is 0. The van der Waals surface area contributed by atoms with Crippen molar-refractivity contribution in [3.05, 3.63) is 54.1 Å². The molecule has 2 aromatic rings. The van der Waals surface area contributed by atoms with E-state index in [9.17, 15) is 13.2 Å². The smallest absolute Gasteiger partial charge is 0.317 e. The van der Waals surface area contributed by atoms with E-state index in [1.54, 1.807) is 31.4 Å². The van der Waals surface area contributed by atoms with Crippen molar-refractivity contribution in [1.29, 1.82) is 0 Å². The zero-order valence-electron chi connectivity index (χ0n) is 22.5. The Kier molecular flexibility index (Phi) is 13.2. The SMILES string of the molecule is CCCCN(CCOC)C(=O)NC1CCN(Cc2ccc(Oc3ccc(NS(C)(=O)=O)cc3)cc2)CC1.Cl. The van der Waals surface area contributed by atoms with Gasteiger partial charge in [-0.2, -0.15) is 0 Å². The van der Waals surface area contributed by atoms with Crippen LogP contribution >= 0.6 is 12.4 Å². The second kappa shape index (κ2) is 15.8. The van der Waals surface area contributed by atoms with Crippen LogP contribution in [0.1, 0.15) is 38.2 Å². The van der Waals surface area contributed by atoms with Crippen LogP contribution in [0, 0.1) is 0 Å². The second-order valence-corrected chi connectivity index (χ2v) is 11.2. The van der Waals surface area contributed by atoms with Crippen LogP contribution in [0.25, 0.3) is 0 Å². The number of nitrogens with one attached hydrogen (secondary N) is 2. The number of carbonyl (C=O) groups excluding carboxylic acids is 1. The highest BCUT2D eigenvalue weighted by Crippen LogP contribution is 2.24. The van der Waals surface area contributed by atoms with Gasteiger partial charge in [0.15, 0.2) is 0 Å². The number of carbonyl (C=O) groups is 1. The van der Waals surface area contributed by atoms with Gasteiger partial charge in [-0.3, -0.25) is 9.62 Å². The molecular weight excluding hydrogens is 528 g/mol. The van der Waals surface area contributed by atoms with Crippen LogP contribution in [-0.4, -0.2) is 76.4 Å². The van der Waals surface area contributed by atoms with E-state index in [0.717, 1.165) is 63.9 Å². The first-order chi connectivity index (χ1) is 17.8. The number of halogens is 1. The normalized spacial score (nSPS) is 14.4. The summed E-state index contributed by atoms with van der Waals surface area (Å²) in [6.45, 7) is 6.78. The Labute approximate surface area is 233 Å². The molecule has 2 aromatic carbocycles. The Balaban J connectivity index is 0.00000507. The topological polar surface area (TPSA) is 100 Å². The number of rotatable bonds is 13. The zero-order chi connectivity index (χ0) is 26.7. The summed E-state index contributed by atoms with van der Waals surface area (Å²) < 4.78 is 36.1. The molecule has 0 aromatic heterocycles. The van der Waals surface area contributed by atoms with Crippen molar-refractivity contribution >= 4 is 34.1 Å². The molecule has 0 atom stereocenters. The molecule has 3 rings (SSSR count). The highest BCUT2D eigenvalue weighted by atomic mass is 35.5. The fourth-order valence-electron chi connectivity index (χ4n) is 4.23. The lowest BCUT2D eigenvalue weighted by Gasteiger charge is -2.34. The van der Waals surface area contributed by atoms with Crippen molar-refractivity contribution in [3.8, 4) is 11.5 Å². The summed E-state index contributed by atoms with van der Waals surface area (Å²) in [4.78, 5) is 17.0. The van der Waals surface area contributed by atoms with Gasteiger partial charge in [0.05, 0.1) is 12.9 Å². The second-order valence-electron chi connectivity index (χ2n) is 9.48. The summed E-state index contributed by atoms with van der Waals surface area (Å²) in [7, 11) is -1.64. The molecule has 2 amide bonds. The third kappa shape index (κ3) is 11.1. The first-order valence-electron chi connectivity index (χ1n) is 12.9. The lowest BCUT2D eigenvalue weighted by molar-refractivity contribution is 0.140. The lowest BCUT2D eigenvalue weighted by Crippen LogP contribution is -2.50. The number of benzene rings is 2. The van der Waals surface area contributed by atoms with E-state index >= 15 is 0 Å². The van der Waals surface area contributed by atoms with Crippen LogP contribution in [0.2, 0.25) is 0 Å². The highest BCUT2D eigenvalue weighted by Gasteiger charge is 2.23. The van der Waals surface area contributed by atoms with Crippen LogP contribution in [0.4, 0.5) is 10.5 Å². The predicted molar refractivity (Wildman–Crippen MR) is 154 cm³/mol. The molecule has 9 nitrogen and oxygen atoms in total. The van der Waals surface area contributed by atoms with Crippen LogP contribution < -0.4 is 14.8 Å². The lowest BCUT2D eigenvalue weighted by atomic mass is 10.0. The van der Waals surface area contributed by atoms with Gasteiger partial charge in [0, 0.05) is 51.6 Å². The first kappa shape index (κ1) is 31.7. The highest BCUT2D eigenvalue weighted by molar-refractivity contribution is 7.92. The van der Waals surface area contributed by atoms with Crippen molar-refractivity contribution in [2.24, 2.45) is 0 Å². The molecule has 0 aliphatic carbocycles. The maximum Gasteiger partial charge on any atom is 0.317 e. The molecule has 1 fully saturated rings. The molecule has 1 aliphatic heterocycles. The summed E-state index contributed by atoms with van der Waals surface area (Å²) in [5, 5.41) is 3.22. The summed E-state index contributed by atoms with van der Waals surface area (Å²) in [5.41, 5.74) is 1.70. The largest absolute Gasteiger partial charge is 0.457 e. The van der Waals surface area contributed by atoms with Gasteiger partial charge >= 0.3 is 6.03 Å². The van der Waals surface area contributed by atoms with Crippen LogP contribution in [-0.2, 0) is 21.3 Å². The fourth-order valence-corrected chi connectivity index (χ4v) is 4.79. The molecule has 1 heterocycles. The van der Waals surface area contributed by atoms with Crippen molar-refractivity contribution in [1.82, 2.24) is 15.1 Å². The van der Waals surface area contributed by atoms with Crippen molar-refractivity contribution in [3.63, 3.8) is 0 Å². The Morgan fingerprint density at radius 2 is 1.63 bits per heavy atom. The molecule has 0 saturated carbocycles. The third-order valence-electron chi connectivity index (χ3n) is 6.27. The first-order valence-corrected chi connectivity index (χ1v) is 14.8. The van der Waals surface area contributed by atoms with E-state index in [4.69, 9.17) is 9.47 Å². The zero-order valence-corrected chi connectivity index (χ0v) is 24.2. The van der Waals surface area contributed by atoms with Gasteiger partial charge in [-0.05, 0) is 61.2 Å². The van der Waals surface area contributed by atoms with Crippen molar-refractivity contribution < 1.29 is 22.7 Å². The van der Waals surface area contributed by atoms with Gasteiger partial charge < -0.3 is 19.7 Å². The fraction of sp³-hybridized carbons (Fsp3) is 0.519. The number of anilines is 1. The summed E-state index contributed by atoms with van der Waals surface area (Å²) in [6, 6.07) is 15.0. The standard InChI is InChI=1S/C27H40N4O5S.ClH/c1-4-5-16-31(19-20-35-2)27(32)28-23-14-17-30(18-15-23)21-22-6-10-25(11-7-22)36-26-12-8-24(9-13-26)29-37(3,33)34;/h6-13,23,29H,4-5,14-21H2,1-3H3,(H,28,32);1H. The van der Waals surface area contributed by atoms with Gasteiger partial charge in [-0.1, -0.05) is 25.5 Å². The van der Waals surface area contributed by atoms with Gasteiger partial charge in [0.25, 0.3) is 0 Å².